The largest absolute Gasteiger partial charge is 0.368 e. The van der Waals surface area contributed by atoms with Gasteiger partial charge in [-0.15, -0.1) is 0 Å². The summed E-state index contributed by atoms with van der Waals surface area (Å²) < 4.78 is 0. The Morgan fingerprint density at radius 2 is 2.00 bits per heavy atom. The predicted molar refractivity (Wildman–Crippen MR) is 122 cm³/mol. The summed E-state index contributed by atoms with van der Waals surface area (Å²) in [7, 11) is 0. The number of piperazine rings is 1. The summed E-state index contributed by atoms with van der Waals surface area (Å²) >= 11 is 6.11. The Balaban J connectivity index is 1.47. The molecule has 6 heteroatoms. The van der Waals surface area contributed by atoms with Gasteiger partial charge in [0.15, 0.2) is 0 Å². The first kappa shape index (κ1) is 21.8. The van der Waals surface area contributed by atoms with Crippen LogP contribution < -0.4 is 10.2 Å². The van der Waals surface area contributed by atoms with Gasteiger partial charge in [-0.05, 0) is 37.1 Å². The van der Waals surface area contributed by atoms with E-state index in [1.807, 2.05) is 18.3 Å². The summed E-state index contributed by atoms with van der Waals surface area (Å²) in [6, 6.07) is 8.00. The number of aromatic nitrogens is 1. The molecule has 1 aliphatic rings. The van der Waals surface area contributed by atoms with Crippen molar-refractivity contribution in [1.82, 2.24) is 15.2 Å². The molecule has 3 rings (SSSR count). The molecule has 1 aromatic carbocycles. The molecule has 2 heterocycles. The Morgan fingerprint density at radius 1 is 1.21 bits per heavy atom. The molecule has 0 aliphatic carbocycles. The van der Waals surface area contributed by atoms with Gasteiger partial charge in [-0.25, -0.2) is 0 Å². The molecule has 5 nitrogen and oxygen atoms in total. The van der Waals surface area contributed by atoms with Gasteiger partial charge in [0, 0.05) is 67.5 Å². The van der Waals surface area contributed by atoms with Gasteiger partial charge >= 0.3 is 0 Å². The lowest BCUT2D eigenvalue weighted by Crippen LogP contribution is -2.48. The van der Waals surface area contributed by atoms with Crippen molar-refractivity contribution < 1.29 is 4.79 Å². The smallest absolute Gasteiger partial charge is 0.223 e. The molecule has 29 heavy (non-hydrogen) atoms. The number of carbonyl (C=O) groups is 1. The number of nitrogens with zero attached hydrogens (tertiary/aromatic N) is 3. The summed E-state index contributed by atoms with van der Waals surface area (Å²) in [5.41, 5.74) is 2.16. The minimum Gasteiger partial charge on any atom is -0.368 e. The van der Waals surface area contributed by atoms with Gasteiger partial charge in [-0.3, -0.25) is 14.7 Å². The van der Waals surface area contributed by atoms with Crippen molar-refractivity contribution in [1.29, 1.82) is 0 Å². The Hall–Kier alpha value is -1.85. The van der Waals surface area contributed by atoms with E-state index in [0.29, 0.717) is 5.02 Å². The number of rotatable bonds is 9. The van der Waals surface area contributed by atoms with Crippen molar-refractivity contribution in [2.75, 3.05) is 44.2 Å². The van der Waals surface area contributed by atoms with Crippen LogP contribution in [-0.2, 0) is 4.79 Å². The molecule has 158 valence electrons. The highest BCUT2D eigenvalue weighted by Crippen LogP contribution is 2.28. The van der Waals surface area contributed by atoms with E-state index in [0.717, 1.165) is 75.9 Å². The van der Waals surface area contributed by atoms with E-state index in [-0.39, 0.29) is 11.8 Å². The van der Waals surface area contributed by atoms with Crippen LogP contribution in [0.5, 0.6) is 0 Å². The molecule has 1 unspecified atom stereocenters. The van der Waals surface area contributed by atoms with Crippen molar-refractivity contribution in [2.24, 2.45) is 5.92 Å². The van der Waals surface area contributed by atoms with Crippen LogP contribution in [0.3, 0.4) is 0 Å². The Morgan fingerprint density at radius 3 is 2.72 bits per heavy atom. The highest BCUT2D eigenvalue weighted by Gasteiger charge is 2.20. The third kappa shape index (κ3) is 5.83. The molecule has 2 aromatic rings. The maximum Gasteiger partial charge on any atom is 0.223 e. The van der Waals surface area contributed by atoms with Gasteiger partial charge in [0.1, 0.15) is 0 Å². The van der Waals surface area contributed by atoms with Gasteiger partial charge in [0.05, 0.1) is 5.52 Å². The fourth-order valence-electron chi connectivity index (χ4n) is 4.05. The summed E-state index contributed by atoms with van der Waals surface area (Å²) in [5.74, 6) is 0.391. The fraction of sp³-hybridized carbons (Fsp3) is 0.565. The standard InChI is InChI=1S/C23H33ClN4O/c1-3-5-6-18(4-2)23(29)26-11-12-27-13-15-28(16-14-27)22-9-10-25-21-17-19(24)7-8-20(21)22/h7-10,17-18H,3-6,11-16H2,1-2H3,(H,26,29). The molecule has 0 spiro atoms. The lowest BCUT2D eigenvalue weighted by atomic mass is 9.98. The summed E-state index contributed by atoms with van der Waals surface area (Å²) in [5, 5.41) is 5.01. The van der Waals surface area contributed by atoms with Crippen LogP contribution in [0.25, 0.3) is 10.9 Å². The highest BCUT2D eigenvalue weighted by atomic mass is 35.5. The molecule has 1 N–H and O–H groups in total. The first-order chi connectivity index (χ1) is 14.1. The van der Waals surface area contributed by atoms with Crippen molar-refractivity contribution in [3.05, 3.63) is 35.5 Å². The summed E-state index contributed by atoms with van der Waals surface area (Å²) in [4.78, 5) is 21.7. The molecule has 1 saturated heterocycles. The van der Waals surface area contributed by atoms with Crippen LogP contribution in [0.1, 0.15) is 39.5 Å². The van der Waals surface area contributed by atoms with Gasteiger partial charge in [-0.2, -0.15) is 0 Å². The van der Waals surface area contributed by atoms with Crippen LogP contribution >= 0.6 is 11.6 Å². The van der Waals surface area contributed by atoms with Crippen molar-refractivity contribution in [2.45, 2.75) is 39.5 Å². The van der Waals surface area contributed by atoms with Gasteiger partial charge < -0.3 is 10.2 Å². The van der Waals surface area contributed by atoms with E-state index in [9.17, 15) is 4.79 Å². The van der Waals surface area contributed by atoms with Crippen LogP contribution in [0.2, 0.25) is 5.02 Å². The van der Waals surface area contributed by atoms with E-state index in [1.165, 1.54) is 5.69 Å². The summed E-state index contributed by atoms with van der Waals surface area (Å²) in [6.45, 7) is 9.88. The molecule has 1 atom stereocenters. The molecule has 1 amide bonds. The van der Waals surface area contributed by atoms with Crippen molar-refractivity contribution in [3.8, 4) is 0 Å². The van der Waals surface area contributed by atoms with Gasteiger partial charge in [0.25, 0.3) is 0 Å². The predicted octanol–water partition coefficient (Wildman–Crippen LogP) is 4.34. The zero-order valence-electron chi connectivity index (χ0n) is 17.7. The molecule has 1 aromatic heterocycles. The topological polar surface area (TPSA) is 48.5 Å². The lowest BCUT2D eigenvalue weighted by Gasteiger charge is -2.36. The minimum atomic E-state index is 0.167. The average molecular weight is 417 g/mol. The third-order valence-corrected chi connectivity index (χ3v) is 6.13. The second-order valence-corrected chi connectivity index (χ2v) is 8.30. The lowest BCUT2D eigenvalue weighted by molar-refractivity contribution is -0.125. The zero-order valence-corrected chi connectivity index (χ0v) is 18.4. The second-order valence-electron chi connectivity index (χ2n) is 7.86. The first-order valence-electron chi connectivity index (χ1n) is 10.9. The number of anilines is 1. The Labute approximate surface area is 179 Å². The first-order valence-corrected chi connectivity index (χ1v) is 11.3. The van der Waals surface area contributed by atoms with Crippen LogP contribution in [0.15, 0.2) is 30.5 Å². The Bertz CT molecular complexity index is 805. The number of pyridine rings is 1. The van der Waals surface area contributed by atoms with E-state index in [2.05, 4.69) is 46.1 Å². The second kappa shape index (κ2) is 10.8. The maximum atomic E-state index is 12.4. The third-order valence-electron chi connectivity index (χ3n) is 5.89. The van der Waals surface area contributed by atoms with Gasteiger partial charge in [0.2, 0.25) is 5.91 Å². The quantitative estimate of drug-likeness (QED) is 0.660. The SMILES string of the molecule is CCCCC(CC)C(=O)NCCN1CCN(c2ccnc3cc(Cl)ccc23)CC1. The van der Waals surface area contributed by atoms with E-state index < -0.39 is 0 Å². The van der Waals surface area contributed by atoms with E-state index >= 15 is 0 Å². The van der Waals surface area contributed by atoms with E-state index in [1.54, 1.807) is 0 Å². The number of fused-ring (bicyclic) bond motifs is 1. The zero-order chi connectivity index (χ0) is 20.6. The fourth-order valence-corrected chi connectivity index (χ4v) is 4.21. The number of nitrogens with one attached hydrogen (secondary N) is 1. The number of hydrogen-bond donors (Lipinski definition) is 1. The normalized spacial score (nSPS) is 16.2. The molecular weight excluding hydrogens is 384 g/mol. The summed E-state index contributed by atoms with van der Waals surface area (Å²) in [6.07, 6.45) is 6.06. The average Bonchev–Trinajstić information content (AvgIpc) is 2.74. The highest BCUT2D eigenvalue weighted by molar-refractivity contribution is 6.31. The van der Waals surface area contributed by atoms with Crippen LogP contribution in [0, 0.1) is 5.92 Å². The molecule has 0 saturated carbocycles. The molecule has 0 bridgehead atoms. The maximum absolute atomic E-state index is 12.4. The number of halogens is 1. The van der Waals surface area contributed by atoms with Gasteiger partial charge in [-0.1, -0.05) is 38.3 Å². The molecule has 1 fully saturated rings. The number of amides is 1. The van der Waals surface area contributed by atoms with Crippen LogP contribution in [-0.4, -0.2) is 55.1 Å². The number of unbranched alkanes of at least 4 members (excludes halogenated alkanes) is 1. The molecular formula is C23H33ClN4O. The molecule has 0 radical (unpaired) electrons. The number of carbonyl (C=O) groups excluding carboxylic acids is 1. The monoisotopic (exact) mass is 416 g/mol. The number of hydrogen-bond acceptors (Lipinski definition) is 4. The molecule has 1 aliphatic heterocycles. The van der Waals surface area contributed by atoms with Crippen molar-refractivity contribution in [3.63, 3.8) is 0 Å². The minimum absolute atomic E-state index is 0.167. The number of benzene rings is 1. The van der Waals surface area contributed by atoms with E-state index in [4.69, 9.17) is 11.6 Å². The van der Waals surface area contributed by atoms with Crippen LogP contribution in [0.4, 0.5) is 5.69 Å². The van der Waals surface area contributed by atoms with Crippen molar-refractivity contribution >= 4 is 34.1 Å². The Kier molecular flexibility index (Phi) is 8.13.